The number of hydrogen-bond acceptors (Lipinski definition) is 3. The number of benzene rings is 2. The number of amides is 2. The molecule has 2 aromatic rings. The predicted octanol–water partition coefficient (Wildman–Crippen LogP) is 4.02. The molecule has 0 saturated heterocycles. The minimum atomic E-state index is -0.308. The van der Waals surface area contributed by atoms with Crippen LogP contribution in [0.1, 0.15) is 40.9 Å². The van der Waals surface area contributed by atoms with Crippen molar-refractivity contribution in [3.8, 4) is 5.75 Å². The molecular weight excluding hydrogens is 340 g/mol. The van der Waals surface area contributed by atoms with Crippen molar-refractivity contribution in [3.63, 3.8) is 0 Å². The normalized spacial score (nSPS) is 10.6. The first-order valence-corrected chi connectivity index (χ1v) is 9.15. The first-order chi connectivity index (χ1) is 12.8. The summed E-state index contributed by atoms with van der Waals surface area (Å²) in [6.07, 6.45) is 0. The molecular formula is C22H28N2O3. The number of hydrogen-bond donors (Lipinski definition) is 2. The maximum atomic E-state index is 12.3. The molecule has 0 aliphatic rings. The van der Waals surface area contributed by atoms with Gasteiger partial charge in [0.2, 0.25) is 5.91 Å². The van der Waals surface area contributed by atoms with Gasteiger partial charge in [-0.2, -0.15) is 0 Å². The van der Waals surface area contributed by atoms with E-state index in [9.17, 15) is 9.59 Å². The number of aryl methyl sites for hydroxylation is 3. The van der Waals surface area contributed by atoms with Gasteiger partial charge < -0.3 is 15.4 Å². The van der Waals surface area contributed by atoms with Gasteiger partial charge in [-0.3, -0.25) is 9.59 Å². The van der Waals surface area contributed by atoms with E-state index in [-0.39, 0.29) is 18.4 Å². The highest BCUT2D eigenvalue weighted by atomic mass is 16.5. The first-order valence-electron chi connectivity index (χ1n) is 9.15. The van der Waals surface area contributed by atoms with Crippen LogP contribution in [0.2, 0.25) is 0 Å². The molecule has 5 heteroatoms. The molecule has 2 aromatic carbocycles. The van der Waals surface area contributed by atoms with Crippen LogP contribution in [0.15, 0.2) is 36.4 Å². The summed E-state index contributed by atoms with van der Waals surface area (Å²) in [7, 11) is 0. The highest BCUT2D eigenvalue weighted by Gasteiger charge is 2.11. The maximum absolute atomic E-state index is 12.3. The highest BCUT2D eigenvalue weighted by molar-refractivity contribution is 6.00. The van der Waals surface area contributed by atoms with E-state index >= 15 is 0 Å². The summed E-state index contributed by atoms with van der Waals surface area (Å²) >= 11 is 0. The lowest BCUT2D eigenvalue weighted by atomic mass is 10.1. The van der Waals surface area contributed by atoms with Gasteiger partial charge in [-0.1, -0.05) is 37.6 Å². The topological polar surface area (TPSA) is 67.4 Å². The summed E-state index contributed by atoms with van der Waals surface area (Å²) < 4.78 is 5.64. The molecule has 0 bridgehead atoms. The summed E-state index contributed by atoms with van der Waals surface area (Å²) in [6, 6.07) is 11.0. The molecule has 27 heavy (non-hydrogen) atoms. The van der Waals surface area contributed by atoms with Crippen LogP contribution in [0.25, 0.3) is 0 Å². The second-order valence-corrected chi connectivity index (χ2v) is 7.24. The minimum Gasteiger partial charge on any atom is -0.493 e. The molecule has 5 nitrogen and oxygen atoms in total. The van der Waals surface area contributed by atoms with Gasteiger partial charge in [0.1, 0.15) is 5.75 Å². The Labute approximate surface area is 161 Å². The fourth-order valence-corrected chi connectivity index (χ4v) is 2.81. The predicted molar refractivity (Wildman–Crippen MR) is 108 cm³/mol. The Balaban J connectivity index is 1.93. The number of rotatable bonds is 7. The third-order valence-corrected chi connectivity index (χ3v) is 4.03. The minimum absolute atomic E-state index is 0.0946. The average Bonchev–Trinajstić information content (AvgIpc) is 2.61. The summed E-state index contributed by atoms with van der Waals surface area (Å²) in [5.41, 5.74) is 4.41. The van der Waals surface area contributed by atoms with Gasteiger partial charge in [0, 0.05) is 11.3 Å². The fourth-order valence-electron chi connectivity index (χ4n) is 2.81. The van der Waals surface area contributed by atoms with Gasteiger partial charge in [0.25, 0.3) is 5.91 Å². The first kappa shape index (κ1) is 20.5. The molecule has 0 spiro atoms. The van der Waals surface area contributed by atoms with Crippen LogP contribution in [0.4, 0.5) is 5.69 Å². The van der Waals surface area contributed by atoms with E-state index in [1.807, 2.05) is 39.0 Å². The summed E-state index contributed by atoms with van der Waals surface area (Å²) in [6.45, 7) is 10.5. The van der Waals surface area contributed by atoms with Crippen molar-refractivity contribution in [1.82, 2.24) is 5.32 Å². The van der Waals surface area contributed by atoms with Crippen LogP contribution in [-0.4, -0.2) is 25.0 Å². The Morgan fingerprint density at radius 1 is 1.04 bits per heavy atom. The van der Waals surface area contributed by atoms with Crippen molar-refractivity contribution in [2.75, 3.05) is 18.5 Å². The zero-order chi connectivity index (χ0) is 20.0. The molecule has 0 aliphatic heterocycles. The van der Waals surface area contributed by atoms with E-state index in [0.717, 1.165) is 22.4 Å². The van der Waals surface area contributed by atoms with Gasteiger partial charge in [0.05, 0.1) is 13.2 Å². The van der Waals surface area contributed by atoms with Crippen LogP contribution in [0.3, 0.4) is 0 Å². The molecule has 0 aliphatic carbocycles. The van der Waals surface area contributed by atoms with Crippen LogP contribution < -0.4 is 15.4 Å². The van der Waals surface area contributed by atoms with E-state index < -0.39 is 0 Å². The molecule has 0 fully saturated rings. The molecule has 0 radical (unpaired) electrons. The van der Waals surface area contributed by atoms with Gasteiger partial charge in [-0.25, -0.2) is 0 Å². The SMILES string of the molecule is Cc1cc(C)c(NC(=O)CNC(=O)c2cccc(OCC(C)C)c2)c(C)c1. The summed E-state index contributed by atoms with van der Waals surface area (Å²) in [4.78, 5) is 24.6. The standard InChI is InChI=1S/C22H28N2O3/c1-14(2)13-27-19-8-6-7-18(11-19)22(26)23-12-20(25)24-21-16(4)9-15(3)10-17(21)5/h6-11,14H,12-13H2,1-5H3,(H,23,26)(H,24,25). The number of anilines is 1. The van der Waals surface area contributed by atoms with Crippen LogP contribution in [0, 0.1) is 26.7 Å². The number of carbonyl (C=O) groups excluding carboxylic acids is 2. The Morgan fingerprint density at radius 2 is 1.70 bits per heavy atom. The molecule has 0 heterocycles. The zero-order valence-electron chi connectivity index (χ0n) is 16.7. The second-order valence-electron chi connectivity index (χ2n) is 7.24. The van der Waals surface area contributed by atoms with Gasteiger partial charge in [-0.15, -0.1) is 0 Å². The Hall–Kier alpha value is -2.82. The van der Waals surface area contributed by atoms with E-state index in [0.29, 0.717) is 23.8 Å². The van der Waals surface area contributed by atoms with Crippen molar-refractivity contribution in [1.29, 1.82) is 0 Å². The fraction of sp³-hybridized carbons (Fsp3) is 0.364. The number of ether oxygens (including phenoxy) is 1. The van der Waals surface area contributed by atoms with E-state index in [4.69, 9.17) is 4.74 Å². The van der Waals surface area contributed by atoms with E-state index in [1.54, 1.807) is 18.2 Å². The van der Waals surface area contributed by atoms with Crippen molar-refractivity contribution >= 4 is 17.5 Å². The van der Waals surface area contributed by atoms with Crippen molar-refractivity contribution in [3.05, 3.63) is 58.7 Å². The summed E-state index contributed by atoms with van der Waals surface area (Å²) in [5, 5.41) is 5.53. The maximum Gasteiger partial charge on any atom is 0.251 e. The Kier molecular flexibility index (Phi) is 6.99. The van der Waals surface area contributed by atoms with Crippen molar-refractivity contribution in [2.45, 2.75) is 34.6 Å². The lowest BCUT2D eigenvalue weighted by molar-refractivity contribution is -0.115. The highest BCUT2D eigenvalue weighted by Crippen LogP contribution is 2.21. The lowest BCUT2D eigenvalue weighted by Gasteiger charge is -2.13. The molecule has 2 N–H and O–H groups in total. The average molecular weight is 368 g/mol. The monoisotopic (exact) mass is 368 g/mol. The Bertz CT molecular complexity index is 805. The van der Waals surface area contributed by atoms with Gasteiger partial charge in [0.15, 0.2) is 0 Å². The second kappa shape index (κ2) is 9.21. The third kappa shape index (κ3) is 6.13. The Morgan fingerprint density at radius 3 is 2.33 bits per heavy atom. The van der Waals surface area contributed by atoms with Gasteiger partial charge >= 0.3 is 0 Å². The van der Waals surface area contributed by atoms with E-state index in [1.165, 1.54) is 0 Å². The molecule has 0 aromatic heterocycles. The molecule has 2 rings (SSSR count). The smallest absolute Gasteiger partial charge is 0.251 e. The lowest BCUT2D eigenvalue weighted by Crippen LogP contribution is -2.33. The molecule has 144 valence electrons. The van der Waals surface area contributed by atoms with Gasteiger partial charge in [-0.05, 0) is 56.0 Å². The molecule has 0 saturated carbocycles. The zero-order valence-corrected chi connectivity index (χ0v) is 16.7. The largest absolute Gasteiger partial charge is 0.493 e. The van der Waals surface area contributed by atoms with Crippen LogP contribution in [-0.2, 0) is 4.79 Å². The number of carbonyl (C=O) groups is 2. The van der Waals surface area contributed by atoms with Crippen LogP contribution in [0.5, 0.6) is 5.75 Å². The van der Waals surface area contributed by atoms with Crippen molar-refractivity contribution < 1.29 is 14.3 Å². The quantitative estimate of drug-likeness (QED) is 0.776. The molecule has 2 amide bonds. The van der Waals surface area contributed by atoms with Crippen molar-refractivity contribution in [2.24, 2.45) is 5.92 Å². The molecule has 0 unspecified atom stereocenters. The van der Waals surface area contributed by atoms with E-state index in [2.05, 4.69) is 24.5 Å². The summed E-state index contributed by atoms with van der Waals surface area (Å²) in [5.74, 6) is 0.481. The van der Waals surface area contributed by atoms with Crippen LogP contribution >= 0.6 is 0 Å². The third-order valence-electron chi connectivity index (χ3n) is 4.03. The molecule has 0 atom stereocenters. The number of nitrogens with one attached hydrogen (secondary N) is 2.